The van der Waals surface area contributed by atoms with Gasteiger partial charge in [-0.25, -0.2) is 0 Å². The molecule has 0 atom stereocenters. The maximum atomic E-state index is 9.93. The first kappa shape index (κ1) is 22.6. The number of hydrogen-bond donors (Lipinski definition) is 1. The summed E-state index contributed by atoms with van der Waals surface area (Å²) in [6.45, 7) is 12.5. The SMILES string of the molecule is CC(C)(C)c1ccc(O)c(C(C)(C)C)c1Cl.[Cl][Zr].[Zr]. The van der Waals surface area contributed by atoms with Gasteiger partial charge in [-0.3, -0.25) is 0 Å². The van der Waals surface area contributed by atoms with Crippen LogP contribution in [0.4, 0.5) is 0 Å². The third-order valence-corrected chi connectivity index (χ3v) is 3.07. The van der Waals surface area contributed by atoms with Crippen LogP contribution in [0.2, 0.25) is 5.02 Å². The van der Waals surface area contributed by atoms with Crippen molar-refractivity contribution in [1.82, 2.24) is 0 Å². The molecule has 1 N–H and O–H groups in total. The van der Waals surface area contributed by atoms with Gasteiger partial charge in [-0.1, -0.05) is 59.2 Å². The van der Waals surface area contributed by atoms with Crippen molar-refractivity contribution in [2.45, 2.75) is 52.4 Å². The van der Waals surface area contributed by atoms with Crippen LogP contribution >= 0.6 is 20.1 Å². The van der Waals surface area contributed by atoms with E-state index in [1.54, 1.807) is 6.07 Å². The zero-order valence-corrected chi connectivity index (χ0v) is 18.8. The van der Waals surface area contributed by atoms with Crippen molar-refractivity contribution >= 4 is 20.1 Å². The first-order chi connectivity index (χ1) is 8.05. The summed E-state index contributed by atoms with van der Waals surface area (Å²) in [5.74, 6) is 0.283. The number of phenolic OH excluding ortho intramolecular Hbond substituents is 1. The summed E-state index contributed by atoms with van der Waals surface area (Å²) in [4.78, 5) is 0. The number of hydrogen-bond acceptors (Lipinski definition) is 1. The fourth-order valence-corrected chi connectivity index (χ4v) is 2.59. The number of rotatable bonds is 0. The fourth-order valence-electron chi connectivity index (χ4n) is 1.86. The molecule has 1 nitrogen and oxygen atoms in total. The second-order valence-corrected chi connectivity index (χ2v) is 6.70. The molecule has 1 aromatic rings. The van der Waals surface area contributed by atoms with Gasteiger partial charge in [0.2, 0.25) is 0 Å². The molecule has 0 unspecified atom stereocenters. The summed E-state index contributed by atoms with van der Waals surface area (Å²) in [5.41, 5.74) is 1.76. The summed E-state index contributed by atoms with van der Waals surface area (Å²) >= 11 is 7.45. The van der Waals surface area contributed by atoms with Crippen LogP contribution in [0.5, 0.6) is 5.75 Å². The molecule has 0 aliphatic rings. The topological polar surface area (TPSA) is 20.2 Å². The van der Waals surface area contributed by atoms with Crippen LogP contribution in [-0.2, 0) is 60.6 Å². The Hall–Kier alpha value is 1.37. The van der Waals surface area contributed by atoms with E-state index in [-0.39, 0.29) is 42.8 Å². The molecule has 0 aromatic heterocycles. The molecule has 0 aliphatic heterocycles. The van der Waals surface area contributed by atoms with Crippen LogP contribution < -0.4 is 0 Å². The van der Waals surface area contributed by atoms with Gasteiger partial charge >= 0.3 is 32.0 Å². The van der Waals surface area contributed by atoms with Crippen LogP contribution in [0.15, 0.2) is 12.1 Å². The van der Waals surface area contributed by atoms with Gasteiger partial charge in [0.15, 0.2) is 0 Å². The number of phenols is 1. The minimum absolute atomic E-state index is 0. The Kier molecular flexibility index (Phi) is 10.4. The van der Waals surface area contributed by atoms with E-state index in [1.165, 1.54) is 0 Å². The second kappa shape index (κ2) is 8.72. The standard InChI is InChI=1S/C14H21ClO.ClH.2Zr/c1-13(2,3)9-7-8-10(16)11(12(9)15)14(4,5)6;;;/h7-8,16H,1-6H3;1H;;/q;;;+1/p-1. The molecule has 0 fully saturated rings. The predicted octanol–water partition coefficient (Wildman–Crippen LogP) is 5.33. The molecule has 0 saturated carbocycles. The van der Waals surface area contributed by atoms with E-state index in [0.29, 0.717) is 5.02 Å². The Balaban J connectivity index is 0. The Morgan fingerprint density at radius 2 is 1.37 bits per heavy atom. The maximum Gasteiger partial charge on any atom is 0 e. The molecule has 0 heterocycles. The number of aromatic hydroxyl groups is 1. The predicted molar refractivity (Wildman–Crippen MR) is 76.4 cm³/mol. The number of benzene rings is 1. The van der Waals surface area contributed by atoms with Gasteiger partial charge in [0.1, 0.15) is 5.75 Å². The Bertz CT molecular complexity index is 407. The maximum absolute atomic E-state index is 9.93. The van der Waals surface area contributed by atoms with Crippen LogP contribution in [-0.4, -0.2) is 5.11 Å². The summed E-state index contributed by atoms with van der Waals surface area (Å²) in [5, 5.41) is 10.6. The second-order valence-electron chi connectivity index (χ2n) is 6.32. The van der Waals surface area contributed by atoms with E-state index in [2.05, 4.69) is 41.5 Å². The Morgan fingerprint density at radius 3 is 1.68 bits per heavy atom. The average molecular weight is 459 g/mol. The van der Waals surface area contributed by atoms with Crippen molar-refractivity contribution in [1.29, 1.82) is 0 Å². The third kappa shape index (κ3) is 6.33. The molecule has 0 aliphatic carbocycles. The molecule has 19 heavy (non-hydrogen) atoms. The minimum atomic E-state index is -0.150. The van der Waals surface area contributed by atoms with Crippen LogP contribution in [0.3, 0.4) is 0 Å². The third-order valence-electron chi connectivity index (χ3n) is 2.68. The van der Waals surface area contributed by atoms with E-state index in [9.17, 15) is 5.11 Å². The smallest absolute Gasteiger partial charge is 0 e. The molecule has 0 spiro atoms. The molecule has 105 valence electrons. The van der Waals surface area contributed by atoms with Crippen molar-refractivity contribution in [3.8, 4) is 5.75 Å². The van der Waals surface area contributed by atoms with Gasteiger partial charge in [0, 0.05) is 31.8 Å². The Labute approximate surface area is 160 Å². The van der Waals surface area contributed by atoms with Gasteiger partial charge in [0.25, 0.3) is 0 Å². The van der Waals surface area contributed by atoms with Crippen molar-refractivity contribution in [3.63, 3.8) is 0 Å². The van der Waals surface area contributed by atoms with Crippen LogP contribution in [0.25, 0.3) is 0 Å². The first-order valence-electron chi connectivity index (χ1n) is 5.76. The Morgan fingerprint density at radius 1 is 0.947 bits per heavy atom. The molecule has 1 aromatic carbocycles. The van der Waals surface area contributed by atoms with E-state index < -0.39 is 0 Å². The van der Waals surface area contributed by atoms with E-state index >= 15 is 0 Å². The fraction of sp³-hybridized carbons (Fsp3) is 0.571. The zero-order chi connectivity index (χ0) is 14.7. The van der Waals surface area contributed by atoms with Crippen molar-refractivity contribution in [2.24, 2.45) is 0 Å². The first-order valence-corrected chi connectivity index (χ1v) is 9.31. The summed E-state index contributed by atoms with van der Waals surface area (Å²) in [6, 6.07) is 3.65. The van der Waals surface area contributed by atoms with Gasteiger partial charge in [0.05, 0.1) is 5.02 Å². The molecule has 0 saturated heterocycles. The molecule has 0 amide bonds. The van der Waals surface area contributed by atoms with Crippen molar-refractivity contribution < 1.29 is 54.8 Å². The summed E-state index contributed by atoms with van der Waals surface area (Å²) < 4.78 is 0. The monoisotopic (exact) mass is 455 g/mol. The van der Waals surface area contributed by atoms with Crippen LogP contribution in [0.1, 0.15) is 52.7 Å². The van der Waals surface area contributed by atoms with Crippen LogP contribution in [0, 0.1) is 0 Å². The zero-order valence-electron chi connectivity index (χ0n) is 12.4. The van der Waals surface area contributed by atoms with Gasteiger partial charge in [-0.05, 0) is 22.5 Å². The molecule has 0 radical (unpaired) electrons. The molecule has 5 heteroatoms. The molecular weight excluding hydrogens is 438 g/mol. The summed E-state index contributed by atoms with van der Waals surface area (Å²) in [6.07, 6.45) is 0. The average Bonchev–Trinajstić information content (AvgIpc) is 2.16. The number of halogens is 2. The van der Waals surface area contributed by atoms with Gasteiger partial charge in [-0.2, -0.15) is 0 Å². The van der Waals surface area contributed by atoms with Crippen molar-refractivity contribution in [2.75, 3.05) is 0 Å². The largest absolute Gasteiger partial charge is 0 e. The normalized spacial score (nSPS) is 11.1. The molecular formula is C14H21Cl2OZr2. The van der Waals surface area contributed by atoms with E-state index in [1.807, 2.05) is 6.07 Å². The minimum Gasteiger partial charge on any atom is 0 e. The quantitative estimate of drug-likeness (QED) is 0.558. The van der Waals surface area contributed by atoms with Crippen molar-refractivity contribution in [3.05, 3.63) is 28.3 Å². The molecule has 1 rings (SSSR count). The van der Waals surface area contributed by atoms with Gasteiger partial charge in [-0.15, -0.1) is 0 Å². The summed E-state index contributed by atoms with van der Waals surface area (Å²) in [7, 11) is 4.73. The molecule has 0 bridgehead atoms. The van der Waals surface area contributed by atoms with Gasteiger partial charge < -0.3 is 5.11 Å². The van der Waals surface area contributed by atoms with E-state index in [0.717, 1.165) is 34.7 Å². The van der Waals surface area contributed by atoms with E-state index in [4.69, 9.17) is 20.1 Å².